The molecule has 0 saturated heterocycles. The maximum absolute atomic E-state index is 11.9. The van der Waals surface area contributed by atoms with Crippen LogP contribution in [0.1, 0.15) is 12.5 Å². The highest BCUT2D eigenvalue weighted by Crippen LogP contribution is 2.25. The first kappa shape index (κ1) is 16.3. The van der Waals surface area contributed by atoms with Crippen molar-refractivity contribution >= 4 is 11.6 Å². The third-order valence-corrected chi connectivity index (χ3v) is 2.32. The van der Waals surface area contributed by atoms with Gasteiger partial charge in [0.25, 0.3) is 0 Å². The van der Waals surface area contributed by atoms with Gasteiger partial charge in [0.05, 0.1) is 25.4 Å². The van der Waals surface area contributed by atoms with Gasteiger partial charge in [0.2, 0.25) is 5.91 Å². The summed E-state index contributed by atoms with van der Waals surface area (Å²) in [5.74, 6) is -0.0595. The topological polar surface area (TPSA) is 50.4 Å². The Labute approximate surface area is 115 Å². The van der Waals surface area contributed by atoms with E-state index in [2.05, 4.69) is 5.32 Å². The van der Waals surface area contributed by atoms with Gasteiger partial charge < -0.3 is 15.4 Å². The molecule has 1 rings (SSSR count). The minimum absolute atomic E-state index is 0.418. The molecule has 0 spiro atoms. The quantitative estimate of drug-likeness (QED) is 0.846. The SMILES string of the molecule is CCOc1cc(C)ccc1NC(=O)CNCC(F)(F)F. The zero-order chi connectivity index (χ0) is 15.2. The van der Waals surface area contributed by atoms with E-state index in [1.165, 1.54) is 0 Å². The lowest BCUT2D eigenvalue weighted by Gasteiger charge is -2.13. The lowest BCUT2D eigenvalue weighted by atomic mass is 10.2. The molecule has 1 aromatic rings. The molecule has 20 heavy (non-hydrogen) atoms. The predicted molar refractivity (Wildman–Crippen MR) is 69.9 cm³/mol. The van der Waals surface area contributed by atoms with Crippen molar-refractivity contribution in [3.8, 4) is 5.75 Å². The summed E-state index contributed by atoms with van der Waals surface area (Å²) < 4.78 is 41.1. The molecule has 4 nitrogen and oxygen atoms in total. The predicted octanol–water partition coefficient (Wildman–Crippen LogP) is 2.48. The molecule has 0 heterocycles. The van der Waals surface area contributed by atoms with Crippen LogP contribution < -0.4 is 15.4 Å². The number of aryl methyl sites for hydroxylation is 1. The molecule has 2 N–H and O–H groups in total. The van der Waals surface area contributed by atoms with Crippen LogP contribution in [0, 0.1) is 6.92 Å². The second kappa shape index (κ2) is 7.14. The molecular weight excluding hydrogens is 273 g/mol. The van der Waals surface area contributed by atoms with Gasteiger partial charge in [0.15, 0.2) is 0 Å². The molecule has 0 fully saturated rings. The van der Waals surface area contributed by atoms with E-state index < -0.39 is 25.2 Å². The number of nitrogens with one attached hydrogen (secondary N) is 2. The van der Waals surface area contributed by atoms with Crippen molar-refractivity contribution in [3.63, 3.8) is 0 Å². The molecular formula is C13H17F3N2O2. The number of halogens is 3. The standard InChI is InChI=1S/C13H17F3N2O2/c1-3-20-11-6-9(2)4-5-10(11)18-12(19)7-17-8-13(14,15)16/h4-6,17H,3,7-8H2,1-2H3,(H,18,19). The Morgan fingerprint density at radius 3 is 2.65 bits per heavy atom. The molecule has 0 aliphatic heterocycles. The van der Waals surface area contributed by atoms with Crippen molar-refractivity contribution in [2.75, 3.05) is 25.0 Å². The minimum atomic E-state index is -4.33. The molecule has 7 heteroatoms. The van der Waals surface area contributed by atoms with Crippen molar-refractivity contribution in [1.29, 1.82) is 0 Å². The van der Waals surface area contributed by atoms with Crippen LogP contribution in [-0.2, 0) is 4.79 Å². The third kappa shape index (κ3) is 5.92. The van der Waals surface area contributed by atoms with E-state index in [1.807, 2.05) is 12.2 Å². The number of carbonyl (C=O) groups excluding carboxylic acids is 1. The molecule has 1 aromatic carbocycles. The Balaban J connectivity index is 2.57. The number of carbonyl (C=O) groups is 1. The van der Waals surface area contributed by atoms with Crippen LogP contribution >= 0.6 is 0 Å². The van der Waals surface area contributed by atoms with Crippen molar-refractivity contribution < 1.29 is 22.7 Å². The van der Waals surface area contributed by atoms with Crippen LogP contribution in [0.25, 0.3) is 0 Å². The van der Waals surface area contributed by atoms with Crippen LogP contribution in [0.2, 0.25) is 0 Å². The number of rotatable bonds is 6. The summed E-state index contributed by atoms with van der Waals surface area (Å²) in [5, 5.41) is 4.55. The number of amides is 1. The molecule has 0 bridgehead atoms. The van der Waals surface area contributed by atoms with E-state index in [4.69, 9.17) is 4.74 Å². The Bertz CT molecular complexity index is 461. The largest absolute Gasteiger partial charge is 0.492 e. The van der Waals surface area contributed by atoms with Crippen molar-refractivity contribution in [3.05, 3.63) is 23.8 Å². The number of benzene rings is 1. The van der Waals surface area contributed by atoms with Gasteiger partial charge in [-0.05, 0) is 31.5 Å². The third-order valence-electron chi connectivity index (χ3n) is 2.32. The van der Waals surface area contributed by atoms with Crippen LogP contribution in [0.4, 0.5) is 18.9 Å². The normalized spacial score (nSPS) is 11.2. The molecule has 0 radical (unpaired) electrons. The van der Waals surface area contributed by atoms with E-state index in [0.717, 1.165) is 5.56 Å². The average Bonchev–Trinajstić information content (AvgIpc) is 2.31. The van der Waals surface area contributed by atoms with E-state index in [1.54, 1.807) is 25.1 Å². The summed E-state index contributed by atoms with van der Waals surface area (Å²) in [4.78, 5) is 11.5. The monoisotopic (exact) mass is 290 g/mol. The van der Waals surface area contributed by atoms with Gasteiger partial charge in [0, 0.05) is 0 Å². The fraction of sp³-hybridized carbons (Fsp3) is 0.462. The Morgan fingerprint density at radius 2 is 2.05 bits per heavy atom. The van der Waals surface area contributed by atoms with Crippen LogP contribution in [0.15, 0.2) is 18.2 Å². The molecule has 0 unspecified atom stereocenters. The van der Waals surface area contributed by atoms with Gasteiger partial charge in [-0.25, -0.2) is 0 Å². The lowest BCUT2D eigenvalue weighted by molar-refractivity contribution is -0.126. The van der Waals surface area contributed by atoms with Gasteiger partial charge in [-0.3, -0.25) is 4.79 Å². The molecule has 0 aliphatic carbocycles. The molecule has 0 aromatic heterocycles. The average molecular weight is 290 g/mol. The Hall–Kier alpha value is -1.76. The van der Waals surface area contributed by atoms with Gasteiger partial charge in [0.1, 0.15) is 5.75 Å². The molecule has 1 amide bonds. The van der Waals surface area contributed by atoms with Crippen LogP contribution in [-0.4, -0.2) is 31.8 Å². The van der Waals surface area contributed by atoms with Crippen molar-refractivity contribution in [1.82, 2.24) is 5.32 Å². The number of anilines is 1. The fourth-order valence-electron chi connectivity index (χ4n) is 1.52. The number of ether oxygens (including phenoxy) is 1. The summed E-state index contributed by atoms with van der Waals surface area (Å²) in [5.41, 5.74) is 1.40. The smallest absolute Gasteiger partial charge is 0.401 e. The van der Waals surface area contributed by atoms with Gasteiger partial charge in [-0.1, -0.05) is 6.07 Å². The summed E-state index contributed by atoms with van der Waals surface area (Å²) >= 11 is 0. The lowest BCUT2D eigenvalue weighted by Crippen LogP contribution is -2.35. The first-order valence-electron chi connectivity index (χ1n) is 6.12. The van der Waals surface area contributed by atoms with Gasteiger partial charge >= 0.3 is 6.18 Å². The number of hydrogen-bond donors (Lipinski definition) is 2. The second-order valence-electron chi connectivity index (χ2n) is 4.20. The summed E-state index contributed by atoms with van der Waals surface area (Å²) in [6, 6.07) is 5.19. The highest BCUT2D eigenvalue weighted by Gasteiger charge is 2.26. The Morgan fingerprint density at radius 1 is 1.35 bits per heavy atom. The second-order valence-corrected chi connectivity index (χ2v) is 4.20. The zero-order valence-electron chi connectivity index (χ0n) is 11.3. The van der Waals surface area contributed by atoms with Crippen molar-refractivity contribution in [2.45, 2.75) is 20.0 Å². The van der Waals surface area contributed by atoms with Gasteiger partial charge in [-0.15, -0.1) is 0 Å². The molecule has 0 atom stereocenters. The maximum atomic E-state index is 11.9. The summed E-state index contributed by atoms with van der Waals surface area (Å²) in [7, 11) is 0. The fourth-order valence-corrected chi connectivity index (χ4v) is 1.52. The Kier molecular flexibility index (Phi) is 5.82. The van der Waals surface area contributed by atoms with Crippen LogP contribution in [0.5, 0.6) is 5.75 Å². The minimum Gasteiger partial charge on any atom is -0.492 e. The van der Waals surface area contributed by atoms with E-state index in [-0.39, 0.29) is 0 Å². The van der Waals surface area contributed by atoms with Crippen molar-refractivity contribution in [2.24, 2.45) is 0 Å². The molecule has 0 saturated carbocycles. The van der Waals surface area contributed by atoms with Gasteiger partial charge in [-0.2, -0.15) is 13.2 Å². The maximum Gasteiger partial charge on any atom is 0.401 e. The molecule has 0 aliphatic rings. The zero-order valence-corrected chi connectivity index (χ0v) is 11.3. The summed E-state index contributed by atoms with van der Waals surface area (Å²) in [6.07, 6.45) is -4.33. The van der Waals surface area contributed by atoms with E-state index >= 15 is 0 Å². The highest BCUT2D eigenvalue weighted by atomic mass is 19.4. The molecule has 112 valence electrons. The van der Waals surface area contributed by atoms with E-state index in [9.17, 15) is 18.0 Å². The first-order valence-corrected chi connectivity index (χ1v) is 6.12. The number of hydrogen-bond acceptors (Lipinski definition) is 3. The summed E-state index contributed by atoms with van der Waals surface area (Å²) in [6.45, 7) is 2.49. The first-order chi connectivity index (χ1) is 9.31. The van der Waals surface area contributed by atoms with Crippen LogP contribution in [0.3, 0.4) is 0 Å². The number of alkyl halides is 3. The van der Waals surface area contributed by atoms with E-state index in [0.29, 0.717) is 18.0 Å². The highest BCUT2D eigenvalue weighted by molar-refractivity contribution is 5.93.